The first-order valence-electron chi connectivity index (χ1n) is 8.32. The second-order valence-electron chi connectivity index (χ2n) is 6.55. The van der Waals surface area contributed by atoms with Gasteiger partial charge in [0.15, 0.2) is 5.82 Å². The quantitative estimate of drug-likeness (QED) is 0.874. The molecule has 2 aliphatic rings. The van der Waals surface area contributed by atoms with E-state index in [4.69, 9.17) is 9.26 Å². The summed E-state index contributed by atoms with van der Waals surface area (Å²) in [4.78, 5) is 15.1. The highest BCUT2D eigenvalue weighted by atomic mass is 35.5. The average Bonchev–Trinajstić information content (AvgIpc) is 3.26. The van der Waals surface area contributed by atoms with Gasteiger partial charge in [-0.2, -0.15) is 0 Å². The number of aromatic nitrogens is 2. The van der Waals surface area contributed by atoms with E-state index in [9.17, 15) is 4.79 Å². The van der Waals surface area contributed by atoms with Gasteiger partial charge in [0.2, 0.25) is 0 Å². The number of halogens is 1. The molecule has 7 nitrogen and oxygen atoms in total. The topological polar surface area (TPSA) is 72.5 Å². The summed E-state index contributed by atoms with van der Waals surface area (Å²) in [5.74, 6) is 1.53. The minimum Gasteiger partial charge on any atom is -0.373 e. The standard InChI is InChI=1S/C17H22N4O3.ClH/c1-10-6-13(12(3)21(10)16-7-11(2)24-19-16)17(22)20-4-5-23-15-9-18-8-14(15)20;/h6-7,14-15,18H,4-5,8-9H2,1-3H3;1H/t14-,15+;/m1./s1. The maximum atomic E-state index is 13.2. The Kier molecular flexibility index (Phi) is 4.90. The number of hydrogen-bond acceptors (Lipinski definition) is 5. The number of amides is 1. The van der Waals surface area contributed by atoms with Crippen molar-refractivity contribution in [3.05, 3.63) is 34.8 Å². The molecule has 2 atom stereocenters. The van der Waals surface area contributed by atoms with E-state index >= 15 is 0 Å². The molecule has 1 amide bonds. The number of carbonyl (C=O) groups is 1. The molecule has 136 valence electrons. The first-order chi connectivity index (χ1) is 11.6. The van der Waals surface area contributed by atoms with Gasteiger partial charge in [0, 0.05) is 37.1 Å². The van der Waals surface area contributed by atoms with Crippen LogP contribution in [0.5, 0.6) is 0 Å². The number of hydrogen-bond donors (Lipinski definition) is 1. The zero-order valence-electron chi connectivity index (χ0n) is 14.6. The van der Waals surface area contributed by atoms with Gasteiger partial charge >= 0.3 is 0 Å². The van der Waals surface area contributed by atoms with Crippen LogP contribution in [-0.4, -0.2) is 58.9 Å². The second-order valence-corrected chi connectivity index (χ2v) is 6.55. The fourth-order valence-electron chi connectivity index (χ4n) is 3.79. The molecule has 1 N–H and O–H groups in total. The van der Waals surface area contributed by atoms with Gasteiger partial charge in [-0.25, -0.2) is 0 Å². The number of nitrogens with zero attached hydrogens (tertiary/aromatic N) is 3. The highest BCUT2D eigenvalue weighted by Crippen LogP contribution is 2.25. The number of fused-ring (bicyclic) bond motifs is 1. The van der Waals surface area contributed by atoms with Crippen molar-refractivity contribution in [2.75, 3.05) is 26.2 Å². The molecule has 8 heteroatoms. The number of rotatable bonds is 2. The van der Waals surface area contributed by atoms with E-state index in [0.717, 1.165) is 35.8 Å². The normalized spacial score (nSPS) is 22.6. The van der Waals surface area contributed by atoms with Crippen LogP contribution in [0.15, 0.2) is 16.7 Å². The Morgan fingerprint density at radius 1 is 1.28 bits per heavy atom. The maximum Gasteiger partial charge on any atom is 0.256 e. The lowest BCUT2D eigenvalue weighted by Gasteiger charge is -2.37. The van der Waals surface area contributed by atoms with E-state index in [0.29, 0.717) is 19.0 Å². The van der Waals surface area contributed by atoms with Crippen molar-refractivity contribution >= 4 is 18.3 Å². The fourth-order valence-corrected chi connectivity index (χ4v) is 3.79. The molecule has 2 fully saturated rings. The molecule has 2 aliphatic heterocycles. The van der Waals surface area contributed by atoms with E-state index in [1.165, 1.54) is 0 Å². The van der Waals surface area contributed by atoms with Crippen molar-refractivity contribution in [3.8, 4) is 5.82 Å². The number of nitrogens with one attached hydrogen (secondary N) is 1. The summed E-state index contributed by atoms with van der Waals surface area (Å²) >= 11 is 0. The van der Waals surface area contributed by atoms with Gasteiger partial charge in [0.25, 0.3) is 5.91 Å². The molecular weight excluding hydrogens is 344 g/mol. The average molecular weight is 367 g/mol. The lowest BCUT2D eigenvalue weighted by atomic mass is 10.1. The van der Waals surface area contributed by atoms with Crippen molar-refractivity contribution in [1.82, 2.24) is 19.9 Å². The summed E-state index contributed by atoms with van der Waals surface area (Å²) in [7, 11) is 0. The van der Waals surface area contributed by atoms with Crippen molar-refractivity contribution in [2.24, 2.45) is 0 Å². The molecule has 0 aromatic carbocycles. The molecule has 4 heterocycles. The Morgan fingerprint density at radius 3 is 2.80 bits per heavy atom. The van der Waals surface area contributed by atoms with Crippen molar-refractivity contribution in [2.45, 2.75) is 32.9 Å². The molecule has 0 aliphatic carbocycles. The highest BCUT2D eigenvalue weighted by molar-refractivity contribution is 5.96. The van der Waals surface area contributed by atoms with E-state index < -0.39 is 0 Å². The molecule has 0 spiro atoms. The number of morpholine rings is 1. The first kappa shape index (κ1) is 18.0. The largest absolute Gasteiger partial charge is 0.373 e. The minimum atomic E-state index is 0. The van der Waals surface area contributed by atoms with Crippen LogP contribution in [0.3, 0.4) is 0 Å². The highest BCUT2D eigenvalue weighted by Gasteiger charge is 2.39. The Morgan fingerprint density at radius 2 is 2.08 bits per heavy atom. The van der Waals surface area contributed by atoms with Crippen molar-refractivity contribution < 1.29 is 14.1 Å². The fraction of sp³-hybridized carbons (Fsp3) is 0.529. The third-order valence-corrected chi connectivity index (χ3v) is 4.96. The monoisotopic (exact) mass is 366 g/mol. The molecule has 2 aromatic heterocycles. The van der Waals surface area contributed by atoms with Crippen LogP contribution in [-0.2, 0) is 4.74 Å². The van der Waals surface area contributed by atoms with Crippen LogP contribution < -0.4 is 5.32 Å². The van der Waals surface area contributed by atoms with Crippen LogP contribution in [0.1, 0.15) is 27.5 Å². The van der Waals surface area contributed by atoms with E-state index in [2.05, 4.69) is 10.5 Å². The molecule has 0 saturated carbocycles. The smallest absolute Gasteiger partial charge is 0.256 e. The first-order valence-corrected chi connectivity index (χ1v) is 8.32. The second kappa shape index (κ2) is 6.82. The molecule has 0 bridgehead atoms. The summed E-state index contributed by atoms with van der Waals surface area (Å²) in [6, 6.07) is 3.93. The van der Waals surface area contributed by atoms with Gasteiger partial charge in [0.05, 0.1) is 24.3 Å². The van der Waals surface area contributed by atoms with Gasteiger partial charge in [-0.05, 0) is 26.8 Å². The molecule has 2 saturated heterocycles. The van der Waals surface area contributed by atoms with Gasteiger partial charge in [-0.15, -0.1) is 12.4 Å². The van der Waals surface area contributed by atoms with Crippen molar-refractivity contribution in [1.29, 1.82) is 0 Å². The summed E-state index contributed by atoms with van der Waals surface area (Å²) in [5.41, 5.74) is 2.58. The summed E-state index contributed by atoms with van der Waals surface area (Å²) < 4.78 is 12.9. The van der Waals surface area contributed by atoms with E-state index in [-0.39, 0.29) is 30.5 Å². The SMILES string of the molecule is Cc1cc(-n2c(C)cc(C(=O)N3CCO[C@H]4CNC[C@H]43)c2C)no1.Cl. The number of aryl methyl sites for hydroxylation is 2. The van der Waals surface area contributed by atoms with E-state index in [1.807, 2.05) is 42.4 Å². The lowest BCUT2D eigenvalue weighted by Crippen LogP contribution is -2.53. The minimum absolute atomic E-state index is 0. The van der Waals surface area contributed by atoms with Crippen LogP contribution >= 0.6 is 12.4 Å². The third-order valence-electron chi connectivity index (χ3n) is 4.96. The summed E-state index contributed by atoms with van der Waals surface area (Å²) in [5, 5.41) is 7.39. The summed E-state index contributed by atoms with van der Waals surface area (Å²) in [6.45, 7) is 8.62. The van der Waals surface area contributed by atoms with Gasteiger partial charge in [0.1, 0.15) is 5.76 Å². The molecular formula is C17H23ClN4O3. The maximum absolute atomic E-state index is 13.2. The predicted molar refractivity (Wildman–Crippen MR) is 94.7 cm³/mol. The predicted octanol–water partition coefficient (Wildman–Crippen LogP) is 1.63. The van der Waals surface area contributed by atoms with Crippen LogP contribution in [0.4, 0.5) is 0 Å². The molecule has 4 rings (SSSR count). The van der Waals surface area contributed by atoms with E-state index in [1.54, 1.807) is 0 Å². The van der Waals surface area contributed by atoms with Crippen molar-refractivity contribution in [3.63, 3.8) is 0 Å². The molecule has 0 unspecified atom stereocenters. The zero-order valence-corrected chi connectivity index (χ0v) is 15.4. The Labute approximate surface area is 152 Å². The van der Waals surface area contributed by atoms with Gasteiger partial charge < -0.3 is 19.5 Å². The third kappa shape index (κ3) is 2.96. The Balaban J connectivity index is 0.00000182. The van der Waals surface area contributed by atoms with Gasteiger partial charge in [-0.3, -0.25) is 9.36 Å². The van der Waals surface area contributed by atoms with Crippen LogP contribution in [0, 0.1) is 20.8 Å². The molecule has 25 heavy (non-hydrogen) atoms. The van der Waals surface area contributed by atoms with Crippen LogP contribution in [0.25, 0.3) is 5.82 Å². The molecule has 2 aromatic rings. The number of carbonyl (C=O) groups excluding carboxylic acids is 1. The Bertz CT molecular complexity index is 785. The number of ether oxygens (including phenoxy) is 1. The Hall–Kier alpha value is -1.83. The molecule has 0 radical (unpaired) electrons. The lowest BCUT2D eigenvalue weighted by molar-refractivity contribution is -0.0365. The zero-order chi connectivity index (χ0) is 16.8. The summed E-state index contributed by atoms with van der Waals surface area (Å²) in [6.07, 6.45) is 0.101. The van der Waals surface area contributed by atoms with Gasteiger partial charge in [-0.1, -0.05) is 5.16 Å². The van der Waals surface area contributed by atoms with Crippen LogP contribution in [0.2, 0.25) is 0 Å².